The monoisotopic (exact) mass is 323 g/mol. The fourth-order valence-corrected chi connectivity index (χ4v) is 2.98. The zero-order valence-electron chi connectivity index (χ0n) is 11.3. The highest BCUT2D eigenvalue weighted by Crippen LogP contribution is 2.17. The Hall–Kier alpha value is -1.85. The average molecular weight is 324 g/mol. The lowest BCUT2D eigenvalue weighted by Crippen LogP contribution is -2.24. The smallest absolute Gasteiger partial charge is 0.252 e. The number of hydrogen-bond donors (Lipinski definition) is 1. The zero-order chi connectivity index (χ0) is 15.5. The fourth-order valence-electron chi connectivity index (χ4n) is 1.89. The summed E-state index contributed by atoms with van der Waals surface area (Å²) in [4.78, 5) is 12.2. The van der Waals surface area contributed by atoms with Crippen LogP contribution in [0.25, 0.3) is 0 Å². The number of carbonyl (C=O) groups is 1. The molecule has 1 N–H and O–H groups in total. The van der Waals surface area contributed by atoms with Gasteiger partial charge in [0.15, 0.2) is 9.84 Å². The molecule has 2 aromatic rings. The zero-order valence-corrected chi connectivity index (χ0v) is 12.9. The van der Waals surface area contributed by atoms with Crippen molar-refractivity contribution in [2.75, 3.05) is 6.26 Å². The van der Waals surface area contributed by atoms with Gasteiger partial charge in [-0.25, -0.2) is 8.42 Å². The Morgan fingerprint density at radius 1 is 1.10 bits per heavy atom. The van der Waals surface area contributed by atoms with Crippen LogP contribution in [0.2, 0.25) is 5.02 Å². The minimum Gasteiger partial charge on any atom is -0.348 e. The van der Waals surface area contributed by atoms with Crippen LogP contribution in [0.3, 0.4) is 0 Å². The third-order valence-corrected chi connectivity index (χ3v) is 4.45. The number of hydrogen-bond acceptors (Lipinski definition) is 3. The Balaban J connectivity index is 2.21. The molecule has 4 nitrogen and oxygen atoms in total. The SMILES string of the molecule is CS(=O)(=O)c1ccccc1C(=O)NCc1ccccc1Cl. The van der Waals surface area contributed by atoms with Crippen molar-refractivity contribution in [1.82, 2.24) is 5.32 Å². The molecule has 2 rings (SSSR count). The lowest BCUT2D eigenvalue weighted by atomic mass is 10.2. The Morgan fingerprint density at radius 2 is 1.71 bits per heavy atom. The summed E-state index contributed by atoms with van der Waals surface area (Å²) < 4.78 is 23.4. The second kappa shape index (κ2) is 6.28. The molecule has 6 heteroatoms. The maximum Gasteiger partial charge on any atom is 0.252 e. The number of carbonyl (C=O) groups excluding carboxylic acids is 1. The second-order valence-electron chi connectivity index (χ2n) is 4.54. The van der Waals surface area contributed by atoms with Crippen LogP contribution in [-0.2, 0) is 16.4 Å². The Labute approximate surface area is 128 Å². The van der Waals surface area contributed by atoms with Gasteiger partial charge in [-0.05, 0) is 23.8 Å². The van der Waals surface area contributed by atoms with Gasteiger partial charge in [0.1, 0.15) is 0 Å². The molecule has 2 aromatic carbocycles. The van der Waals surface area contributed by atoms with Crippen molar-refractivity contribution in [3.8, 4) is 0 Å². The molecule has 0 heterocycles. The van der Waals surface area contributed by atoms with Gasteiger partial charge in [-0.2, -0.15) is 0 Å². The molecule has 0 aliphatic rings. The molecule has 110 valence electrons. The minimum atomic E-state index is -3.46. The number of amides is 1. The third kappa shape index (κ3) is 3.83. The first-order valence-electron chi connectivity index (χ1n) is 6.20. The molecule has 1 amide bonds. The minimum absolute atomic E-state index is 0.0154. The predicted molar refractivity (Wildman–Crippen MR) is 82.2 cm³/mol. The number of benzene rings is 2. The van der Waals surface area contributed by atoms with Crippen LogP contribution in [0, 0.1) is 0 Å². The van der Waals surface area contributed by atoms with E-state index < -0.39 is 15.7 Å². The van der Waals surface area contributed by atoms with Crippen LogP contribution in [-0.4, -0.2) is 20.6 Å². The topological polar surface area (TPSA) is 63.2 Å². The Kier molecular flexibility index (Phi) is 4.65. The molecular weight excluding hydrogens is 310 g/mol. The molecular formula is C15H14ClNO3S. The first kappa shape index (κ1) is 15.5. The van der Waals surface area contributed by atoms with E-state index in [2.05, 4.69) is 5.32 Å². The third-order valence-electron chi connectivity index (χ3n) is 2.93. The van der Waals surface area contributed by atoms with E-state index in [0.29, 0.717) is 5.02 Å². The van der Waals surface area contributed by atoms with Gasteiger partial charge in [0.25, 0.3) is 5.91 Å². The summed E-state index contributed by atoms with van der Waals surface area (Å²) in [5.41, 5.74) is 0.899. The van der Waals surface area contributed by atoms with Crippen molar-refractivity contribution in [3.63, 3.8) is 0 Å². The lowest BCUT2D eigenvalue weighted by molar-refractivity contribution is 0.0947. The summed E-state index contributed by atoms with van der Waals surface area (Å²) >= 11 is 6.01. The van der Waals surface area contributed by atoms with Crippen LogP contribution >= 0.6 is 11.6 Å². The fraction of sp³-hybridized carbons (Fsp3) is 0.133. The molecule has 21 heavy (non-hydrogen) atoms. The number of halogens is 1. The Morgan fingerprint density at radius 3 is 2.38 bits per heavy atom. The highest BCUT2D eigenvalue weighted by molar-refractivity contribution is 7.90. The van der Waals surface area contributed by atoms with Gasteiger partial charge < -0.3 is 5.32 Å². The van der Waals surface area contributed by atoms with Crippen LogP contribution in [0.5, 0.6) is 0 Å². The number of rotatable bonds is 4. The van der Waals surface area contributed by atoms with Crippen LogP contribution in [0.15, 0.2) is 53.4 Å². The van der Waals surface area contributed by atoms with Crippen molar-refractivity contribution < 1.29 is 13.2 Å². The van der Waals surface area contributed by atoms with Gasteiger partial charge >= 0.3 is 0 Å². The molecule has 0 aliphatic carbocycles. The van der Waals surface area contributed by atoms with Crippen LogP contribution < -0.4 is 5.32 Å². The van der Waals surface area contributed by atoms with Gasteiger partial charge in [-0.3, -0.25) is 4.79 Å². The van der Waals surface area contributed by atoms with Gasteiger partial charge in [0.05, 0.1) is 10.5 Å². The summed E-state index contributed by atoms with van der Waals surface area (Å²) in [6.07, 6.45) is 1.08. The van der Waals surface area contributed by atoms with E-state index >= 15 is 0 Å². The van der Waals surface area contributed by atoms with Crippen LogP contribution in [0.4, 0.5) is 0 Å². The number of nitrogens with one attached hydrogen (secondary N) is 1. The Bertz CT molecular complexity index is 772. The molecule has 0 spiro atoms. The molecule has 0 unspecified atom stereocenters. The lowest BCUT2D eigenvalue weighted by Gasteiger charge is -2.09. The van der Waals surface area contributed by atoms with E-state index in [4.69, 9.17) is 11.6 Å². The predicted octanol–water partition coefficient (Wildman–Crippen LogP) is 2.67. The van der Waals surface area contributed by atoms with Crippen LogP contribution in [0.1, 0.15) is 15.9 Å². The largest absolute Gasteiger partial charge is 0.348 e. The molecule has 0 fully saturated rings. The maximum absolute atomic E-state index is 12.2. The van der Waals surface area contributed by atoms with E-state index in [1.165, 1.54) is 12.1 Å². The van der Waals surface area contributed by atoms with Crippen molar-refractivity contribution >= 4 is 27.3 Å². The second-order valence-corrected chi connectivity index (χ2v) is 6.93. The molecule has 0 saturated heterocycles. The van der Waals surface area contributed by atoms with E-state index in [-0.39, 0.29) is 17.0 Å². The summed E-state index contributed by atoms with van der Waals surface area (Å²) in [6.45, 7) is 0.233. The van der Waals surface area contributed by atoms with Crippen molar-refractivity contribution in [2.45, 2.75) is 11.4 Å². The quantitative estimate of drug-likeness (QED) is 0.941. The van der Waals surface area contributed by atoms with E-state index in [9.17, 15) is 13.2 Å². The van der Waals surface area contributed by atoms with Crippen molar-refractivity contribution in [1.29, 1.82) is 0 Å². The first-order valence-corrected chi connectivity index (χ1v) is 8.47. The summed E-state index contributed by atoms with van der Waals surface area (Å²) in [7, 11) is -3.46. The number of sulfone groups is 1. The maximum atomic E-state index is 12.2. The van der Waals surface area contributed by atoms with Crippen molar-refractivity contribution in [3.05, 3.63) is 64.7 Å². The molecule has 0 atom stereocenters. The summed E-state index contributed by atoms with van der Waals surface area (Å²) in [6, 6.07) is 13.3. The molecule has 0 radical (unpaired) electrons. The van der Waals surface area contributed by atoms with Gasteiger partial charge in [-0.15, -0.1) is 0 Å². The molecule has 0 aliphatic heterocycles. The van der Waals surface area contributed by atoms with Gasteiger partial charge in [0, 0.05) is 17.8 Å². The highest BCUT2D eigenvalue weighted by atomic mass is 35.5. The van der Waals surface area contributed by atoms with Gasteiger partial charge in [0.2, 0.25) is 0 Å². The first-order chi connectivity index (χ1) is 9.89. The summed E-state index contributed by atoms with van der Waals surface area (Å²) in [5, 5.41) is 3.23. The highest BCUT2D eigenvalue weighted by Gasteiger charge is 2.17. The molecule has 0 saturated carbocycles. The van der Waals surface area contributed by atoms with E-state index in [1.807, 2.05) is 6.07 Å². The van der Waals surface area contributed by atoms with E-state index in [0.717, 1.165) is 11.8 Å². The normalized spacial score (nSPS) is 11.1. The van der Waals surface area contributed by atoms with Crippen molar-refractivity contribution in [2.24, 2.45) is 0 Å². The van der Waals surface area contributed by atoms with Gasteiger partial charge in [-0.1, -0.05) is 41.9 Å². The molecule has 0 aromatic heterocycles. The summed E-state index contributed by atoms with van der Waals surface area (Å²) in [5.74, 6) is -0.448. The molecule has 0 bridgehead atoms. The standard InChI is InChI=1S/C15H14ClNO3S/c1-21(19,20)14-9-5-3-7-12(14)15(18)17-10-11-6-2-4-8-13(11)16/h2-9H,10H2,1H3,(H,17,18). The van der Waals surface area contributed by atoms with E-state index in [1.54, 1.807) is 30.3 Å². The average Bonchev–Trinajstić information content (AvgIpc) is 2.45.